The maximum Gasteiger partial charge on any atom is 0.119 e. The van der Waals surface area contributed by atoms with Gasteiger partial charge in [-0.1, -0.05) is 12.1 Å². The lowest BCUT2D eigenvalue weighted by atomic mass is 9.89. The second-order valence-electron chi connectivity index (χ2n) is 4.40. The molecule has 0 spiro atoms. The Morgan fingerprint density at radius 2 is 1.93 bits per heavy atom. The summed E-state index contributed by atoms with van der Waals surface area (Å²) >= 11 is 0. The molecule has 0 amide bonds. The fraction of sp³-hybridized carbons (Fsp3) is 0.538. The molecule has 0 saturated heterocycles. The van der Waals surface area contributed by atoms with Crippen LogP contribution < -0.4 is 10.5 Å². The number of hydrogen-bond donors (Lipinski definition) is 1. The van der Waals surface area contributed by atoms with E-state index in [0.29, 0.717) is 0 Å². The highest BCUT2D eigenvalue weighted by molar-refractivity contribution is 5.37. The third kappa shape index (κ3) is 1.86. The molecule has 2 N–H and O–H groups in total. The molecule has 1 aliphatic carbocycles. The molecule has 0 radical (unpaired) electrons. The zero-order valence-electron chi connectivity index (χ0n) is 9.49. The van der Waals surface area contributed by atoms with Crippen LogP contribution in [-0.4, -0.2) is 12.6 Å². The van der Waals surface area contributed by atoms with Gasteiger partial charge in [0.1, 0.15) is 5.75 Å². The Morgan fingerprint density at radius 1 is 1.33 bits per heavy atom. The Hall–Kier alpha value is -1.02. The summed E-state index contributed by atoms with van der Waals surface area (Å²) in [7, 11) is 0. The third-order valence-electron chi connectivity index (χ3n) is 3.40. The molecule has 1 saturated carbocycles. The lowest BCUT2D eigenvalue weighted by Crippen LogP contribution is -2.31. The van der Waals surface area contributed by atoms with Crippen LogP contribution in [0.5, 0.6) is 5.75 Å². The van der Waals surface area contributed by atoms with E-state index < -0.39 is 0 Å². The van der Waals surface area contributed by atoms with Crippen molar-refractivity contribution in [2.24, 2.45) is 5.73 Å². The fourth-order valence-electron chi connectivity index (χ4n) is 2.19. The first kappa shape index (κ1) is 10.5. The molecule has 82 valence electrons. The molecule has 1 aromatic carbocycles. The van der Waals surface area contributed by atoms with Crippen LogP contribution >= 0.6 is 0 Å². The highest BCUT2D eigenvalue weighted by Gasteiger charge is 2.47. The normalized spacial score (nSPS) is 19.7. The van der Waals surface area contributed by atoms with Crippen LogP contribution in [0.3, 0.4) is 0 Å². The Kier molecular flexibility index (Phi) is 2.70. The van der Waals surface area contributed by atoms with Crippen LogP contribution in [0.25, 0.3) is 0 Å². The molecule has 0 aliphatic heterocycles. The Bertz CT molecular complexity index is 325. The molecule has 1 aliphatic rings. The van der Waals surface area contributed by atoms with Gasteiger partial charge >= 0.3 is 0 Å². The van der Waals surface area contributed by atoms with Gasteiger partial charge in [0.05, 0.1) is 6.61 Å². The van der Waals surface area contributed by atoms with E-state index in [0.717, 1.165) is 12.4 Å². The summed E-state index contributed by atoms with van der Waals surface area (Å²) in [6.07, 6.45) is 2.44. The first-order valence-electron chi connectivity index (χ1n) is 5.68. The minimum atomic E-state index is 0.246. The Balaban J connectivity index is 2.17. The smallest absolute Gasteiger partial charge is 0.119 e. The topological polar surface area (TPSA) is 35.2 Å². The summed E-state index contributed by atoms with van der Waals surface area (Å²) in [6, 6.07) is 8.64. The molecule has 0 aromatic heterocycles. The standard InChI is InChI=1S/C13H19NO/c1-3-15-12-6-4-11(5-7-12)13(8-9-13)10(2)14/h4-7,10H,3,8-9,14H2,1-2H3. The summed E-state index contributed by atoms with van der Waals surface area (Å²) in [5.41, 5.74) is 7.65. The highest BCUT2D eigenvalue weighted by Crippen LogP contribution is 2.50. The number of hydrogen-bond acceptors (Lipinski definition) is 2. The van der Waals surface area contributed by atoms with Crippen molar-refractivity contribution >= 4 is 0 Å². The SMILES string of the molecule is CCOc1ccc(C2(C(C)N)CC2)cc1. The zero-order chi connectivity index (χ0) is 10.9. The summed E-state index contributed by atoms with van der Waals surface area (Å²) in [4.78, 5) is 0. The van der Waals surface area contributed by atoms with Crippen LogP contribution in [0.1, 0.15) is 32.3 Å². The molecule has 2 nitrogen and oxygen atoms in total. The van der Waals surface area contributed by atoms with E-state index in [2.05, 4.69) is 19.1 Å². The van der Waals surface area contributed by atoms with Crippen molar-refractivity contribution in [3.63, 3.8) is 0 Å². The van der Waals surface area contributed by atoms with Crippen LogP contribution in [0.2, 0.25) is 0 Å². The molecule has 0 heterocycles. The second kappa shape index (κ2) is 3.86. The van der Waals surface area contributed by atoms with Crippen LogP contribution in [0.15, 0.2) is 24.3 Å². The molecular formula is C13H19NO. The van der Waals surface area contributed by atoms with E-state index in [1.165, 1.54) is 18.4 Å². The Morgan fingerprint density at radius 3 is 2.33 bits per heavy atom. The van der Waals surface area contributed by atoms with Gasteiger partial charge in [0.25, 0.3) is 0 Å². The molecule has 15 heavy (non-hydrogen) atoms. The number of benzene rings is 1. The van der Waals surface area contributed by atoms with Crippen molar-refractivity contribution in [3.05, 3.63) is 29.8 Å². The van der Waals surface area contributed by atoms with E-state index in [9.17, 15) is 0 Å². The molecule has 0 bridgehead atoms. The van der Waals surface area contributed by atoms with E-state index in [1.54, 1.807) is 0 Å². The quantitative estimate of drug-likeness (QED) is 0.819. The molecule has 1 unspecified atom stereocenters. The van der Waals surface area contributed by atoms with Gasteiger partial charge in [-0.2, -0.15) is 0 Å². The Labute approximate surface area is 91.4 Å². The number of rotatable bonds is 4. The predicted molar refractivity (Wildman–Crippen MR) is 62.2 cm³/mol. The number of nitrogens with two attached hydrogens (primary N) is 1. The average Bonchev–Trinajstić information content (AvgIpc) is 3.00. The summed E-state index contributed by atoms with van der Waals surface area (Å²) in [5, 5.41) is 0. The van der Waals surface area contributed by atoms with E-state index in [1.807, 2.05) is 19.1 Å². The lowest BCUT2D eigenvalue weighted by Gasteiger charge is -2.20. The van der Waals surface area contributed by atoms with Gasteiger partial charge in [-0.3, -0.25) is 0 Å². The lowest BCUT2D eigenvalue weighted by molar-refractivity contribution is 0.340. The first-order valence-corrected chi connectivity index (χ1v) is 5.68. The van der Waals surface area contributed by atoms with Gasteiger partial charge in [-0.15, -0.1) is 0 Å². The summed E-state index contributed by atoms with van der Waals surface area (Å²) in [5.74, 6) is 0.946. The van der Waals surface area contributed by atoms with Gasteiger partial charge in [0, 0.05) is 11.5 Å². The van der Waals surface area contributed by atoms with Crippen LogP contribution in [0, 0.1) is 0 Å². The molecule has 1 aromatic rings. The van der Waals surface area contributed by atoms with Crippen molar-refractivity contribution in [2.45, 2.75) is 38.1 Å². The number of ether oxygens (including phenoxy) is 1. The first-order chi connectivity index (χ1) is 7.19. The minimum Gasteiger partial charge on any atom is -0.494 e. The second-order valence-corrected chi connectivity index (χ2v) is 4.40. The molecule has 2 heteroatoms. The predicted octanol–water partition coefficient (Wildman–Crippen LogP) is 2.46. The summed E-state index contributed by atoms with van der Waals surface area (Å²) < 4.78 is 5.42. The van der Waals surface area contributed by atoms with Crippen molar-refractivity contribution in [1.29, 1.82) is 0 Å². The summed E-state index contributed by atoms with van der Waals surface area (Å²) in [6.45, 7) is 4.82. The minimum absolute atomic E-state index is 0.246. The zero-order valence-corrected chi connectivity index (χ0v) is 9.49. The van der Waals surface area contributed by atoms with E-state index in [4.69, 9.17) is 10.5 Å². The largest absolute Gasteiger partial charge is 0.494 e. The van der Waals surface area contributed by atoms with Crippen LogP contribution in [-0.2, 0) is 5.41 Å². The maximum absolute atomic E-state index is 6.03. The van der Waals surface area contributed by atoms with Crippen molar-refractivity contribution in [2.75, 3.05) is 6.61 Å². The van der Waals surface area contributed by atoms with Crippen molar-refractivity contribution < 1.29 is 4.74 Å². The average molecular weight is 205 g/mol. The van der Waals surface area contributed by atoms with Gasteiger partial charge in [-0.05, 0) is 44.4 Å². The van der Waals surface area contributed by atoms with Crippen molar-refractivity contribution in [3.8, 4) is 5.75 Å². The fourth-order valence-corrected chi connectivity index (χ4v) is 2.19. The van der Waals surface area contributed by atoms with Crippen LogP contribution in [0.4, 0.5) is 0 Å². The van der Waals surface area contributed by atoms with E-state index >= 15 is 0 Å². The third-order valence-corrected chi connectivity index (χ3v) is 3.40. The highest BCUT2D eigenvalue weighted by atomic mass is 16.5. The van der Waals surface area contributed by atoms with Gasteiger partial charge in [0.2, 0.25) is 0 Å². The van der Waals surface area contributed by atoms with Gasteiger partial charge in [0.15, 0.2) is 0 Å². The molecule has 1 atom stereocenters. The molecule has 1 fully saturated rings. The van der Waals surface area contributed by atoms with Gasteiger partial charge < -0.3 is 10.5 Å². The molecule has 2 rings (SSSR count). The van der Waals surface area contributed by atoms with E-state index in [-0.39, 0.29) is 11.5 Å². The van der Waals surface area contributed by atoms with Crippen molar-refractivity contribution in [1.82, 2.24) is 0 Å². The van der Waals surface area contributed by atoms with Gasteiger partial charge in [-0.25, -0.2) is 0 Å². The molecular weight excluding hydrogens is 186 g/mol. The monoisotopic (exact) mass is 205 g/mol. The maximum atomic E-state index is 6.03.